The molecule has 4 atom stereocenters. The van der Waals surface area contributed by atoms with Gasteiger partial charge in [-0.25, -0.2) is 4.79 Å². The Kier molecular flexibility index (Phi) is 5.33. The van der Waals surface area contributed by atoms with Gasteiger partial charge in [-0.2, -0.15) is 11.8 Å². The number of ether oxygens (including phenoxy) is 1. The standard InChI is InChI=1S/C13H23NO3S/c1-2-18-12-5-3-4-10(12)14-8-9-6-7-11(17-9)13(15)16/h9-12,14H,2-8H2,1H3,(H,15,16). The highest BCUT2D eigenvalue weighted by Crippen LogP contribution is 2.30. The van der Waals surface area contributed by atoms with Crippen LogP contribution in [0, 0.1) is 0 Å². The van der Waals surface area contributed by atoms with Crippen LogP contribution < -0.4 is 5.32 Å². The Bertz CT molecular complexity index is 287. The Morgan fingerprint density at radius 1 is 1.39 bits per heavy atom. The van der Waals surface area contributed by atoms with Gasteiger partial charge in [0.05, 0.1) is 6.10 Å². The molecule has 0 radical (unpaired) electrons. The summed E-state index contributed by atoms with van der Waals surface area (Å²) in [6.07, 6.45) is 4.87. The number of carboxylic acids is 1. The summed E-state index contributed by atoms with van der Waals surface area (Å²) in [4.78, 5) is 10.8. The third kappa shape index (κ3) is 3.62. The van der Waals surface area contributed by atoms with E-state index in [1.807, 2.05) is 11.8 Å². The van der Waals surface area contributed by atoms with E-state index in [0.29, 0.717) is 12.5 Å². The summed E-state index contributed by atoms with van der Waals surface area (Å²) in [5.41, 5.74) is 0. The Labute approximate surface area is 113 Å². The molecular formula is C13H23NO3S. The van der Waals surface area contributed by atoms with Gasteiger partial charge in [-0.05, 0) is 31.4 Å². The molecule has 0 spiro atoms. The monoisotopic (exact) mass is 273 g/mol. The van der Waals surface area contributed by atoms with Crippen molar-refractivity contribution in [2.75, 3.05) is 12.3 Å². The quantitative estimate of drug-likeness (QED) is 0.774. The number of hydrogen-bond donors (Lipinski definition) is 2. The van der Waals surface area contributed by atoms with E-state index in [2.05, 4.69) is 12.2 Å². The number of hydrogen-bond acceptors (Lipinski definition) is 4. The average molecular weight is 273 g/mol. The molecule has 4 unspecified atom stereocenters. The number of aliphatic carboxylic acids is 1. The summed E-state index contributed by atoms with van der Waals surface area (Å²) >= 11 is 2.04. The molecule has 5 heteroatoms. The normalized spacial score (nSPS) is 36.1. The molecule has 0 amide bonds. The maximum atomic E-state index is 10.8. The number of thioether (sulfide) groups is 1. The molecule has 0 aromatic heterocycles. The molecule has 2 aliphatic rings. The zero-order valence-electron chi connectivity index (χ0n) is 10.9. The summed E-state index contributed by atoms with van der Waals surface area (Å²) < 4.78 is 5.51. The molecule has 1 aliphatic carbocycles. The van der Waals surface area contributed by atoms with Gasteiger partial charge in [-0.1, -0.05) is 13.3 Å². The van der Waals surface area contributed by atoms with Gasteiger partial charge >= 0.3 is 5.97 Å². The highest BCUT2D eigenvalue weighted by molar-refractivity contribution is 7.99. The lowest BCUT2D eigenvalue weighted by Gasteiger charge is -2.22. The van der Waals surface area contributed by atoms with Crippen molar-refractivity contribution in [3.63, 3.8) is 0 Å². The third-order valence-corrected chi connectivity index (χ3v) is 5.15. The fourth-order valence-corrected chi connectivity index (χ4v) is 4.12. The first-order chi connectivity index (χ1) is 8.70. The molecule has 0 aromatic carbocycles. The molecule has 2 fully saturated rings. The van der Waals surface area contributed by atoms with Gasteiger partial charge in [0.2, 0.25) is 0 Å². The van der Waals surface area contributed by atoms with Crippen LogP contribution in [0.15, 0.2) is 0 Å². The maximum Gasteiger partial charge on any atom is 0.332 e. The Balaban J connectivity index is 1.70. The van der Waals surface area contributed by atoms with E-state index in [1.54, 1.807) is 0 Å². The van der Waals surface area contributed by atoms with Gasteiger partial charge in [-0.3, -0.25) is 0 Å². The van der Waals surface area contributed by atoms with Crippen molar-refractivity contribution in [3.8, 4) is 0 Å². The maximum absolute atomic E-state index is 10.8. The van der Waals surface area contributed by atoms with Gasteiger partial charge < -0.3 is 15.2 Å². The van der Waals surface area contributed by atoms with Crippen molar-refractivity contribution in [2.45, 2.75) is 62.5 Å². The summed E-state index contributed by atoms with van der Waals surface area (Å²) in [5.74, 6) is 0.349. The van der Waals surface area contributed by atoms with Crippen molar-refractivity contribution in [1.82, 2.24) is 5.32 Å². The molecule has 0 bridgehead atoms. The molecule has 1 saturated heterocycles. The lowest BCUT2D eigenvalue weighted by Crippen LogP contribution is -2.39. The van der Waals surface area contributed by atoms with Crippen LogP contribution in [0.1, 0.15) is 39.0 Å². The molecule has 4 nitrogen and oxygen atoms in total. The summed E-state index contributed by atoms with van der Waals surface area (Å²) in [7, 11) is 0. The lowest BCUT2D eigenvalue weighted by atomic mass is 10.2. The zero-order valence-corrected chi connectivity index (χ0v) is 11.7. The molecule has 2 rings (SSSR count). The largest absolute Gasteiger partial charge is 0.479 e. The second-order valence-electron chi connectivity index (χ2n) is 5.10. The molecule has 104 valence electrons. The number of rotatable bonds is 6. The van der Waals surface area contributed by atoms with Crippen LogP contribution in [0.5, 0.6) is 0 Å². The van der Waals surface area contributed by atoms with Gasteiger partial charge in [-0.15, -0.1) is 0 Å². The smallest absolute Gasteiger partial charge is 0.332 e. The summed E-state index contributed by atoms with van der Waals surface area (Å²) in [5, 5.41) is 13.2. The number of nitrogens with one attached hydrogen (secondary N) is 1. The van der Waals surface area contributed by atoms with E-state index in [9.17, 15) is 4.79 Å². The van der Waals surface area contributed by atoms with Crippen LogP contribution in [-0.4, -0.2) is 46.9 Å². The van der Waals surface area contributed by atoms with Gasteiger partial charge in [0.15, 0.2) is 6.10 Å². The van der Waals surface area contributed by atoms with E-state index in [0.717, 1.165) is 18.2 Å². The molecular weight excluding hydrogens is 250 g/mol. The zero-order chi connectivity index (χ0) is 13.0. The Morgan fingerprint density at radius 3 is 2.89 bits per heavy atom. The van der Waals surface area contributed by atoms with E-state index >= 15 is 0 Å². The van der Waals surface area contributed by atoms with E-state index < -0.39 is 12.1 Å². The van der Waals surface area contributed by atoms with Crippen LogP contribution in [-0.2, 0) is 9.53 Å². The minimum atomic E-state index is -0.821. The molecule has 1 aliphatic heterocycles. The predicted molar refractivity (Wildman–Crippen MR) is 73.1 cm³/mol. The van der Waals surface area contributed by atoms with E-state index in [-0.39, 0.29) is 6.10 Å². The Hall–Kier alpha value is -0.260. The lowest BCUT2D eigenvalue weighted by molar-refractivity contribution is -0.149. The SMILES string of the molecule is CCSC1CCCC1NCC1CCC(C(=O)O)O1. The topological polar surface area (TPSA) is 58.6 Å². The fraction of sp³-hybridized carbons (Fsp3) is 0.923. The second kappa shape index (κ2) is 6.78. The second-order valence-corrected chi connectivity index (χ2v) is 6.62. The van der Waals surface area contributed by atoms with Crippen molar-refractivity contribution in [1.29, 1.82) is 0 Å². The van der Waals surface area contributed by atoms with Crippen molar-refractivity contribution < 1.29 is 14.6 Å². The van der Waals surface area contributed by atoms with Crippen molar-refractivity contribution in [3.05, 3.63) is 0 Å². The summed E-state index contributed by atoms with van der Waals surface area (Å²) in [6.45, 7) is 3.01. The van der Waals surface area contributed by atoms with Crippen LogP contribution in [0.4, 0.5) is 0 Å². The van der Waals surface area contributed by atoms with Crippen LogP contribution >= 0.6 is 11.8 Å². The highest BCUT2D eigenvalue weighted by atomic mass is 32.2. The first kappa shape index (κ1) is 14.2. The molecule has 0 aromatic rings. The summed E-state index contributed by atoms with van der Waals surface area (Å²) in [6, 6.07) is 0.586. The van der Waals surface area contributed by atoms with Crippen LogP contribution in [0.3, 0.4) is 0 Å². The Morgan fingerprint density at radius 2 is 2.22 bits per heavy atom. The molecule has 2 N–H and O–H groups in total. The minimum Gasteiger partial charge on any atom is -0.479 e. The van der Waals surface area contributed by atoms with Crippen LogP contribution in [0.2, 0.25) is 0 Å². The predicted octanol–water partition coefficient (Wildman–Crippen LogP) is 1.88. The first-order valence-corrected chi connectivity index (χ1v) is 7.98. The first-order valence-electron chi connectivity index (χ1n) is 6.94. The van der Waals surface area contributed by atoms with Gasteiger partial charge in [0, 0.05) is 17.8 Å². The average Bonchev–Trinajstić information content (AvgIpc) is 2.95. The van der Waals surface area contributed by atoms with Crippen molar-refractivity contribution in [2.24, 2.45) is 0 Å². The number of carboxylic acid groups (broad SMARTS) is 1. The minimum absolute atomic E-state index is 0.0824. The van der Waals surface area contributed by atoms with E-state index in [4.69, 9.17) is 9.84 Å². The number of carbonyl (C=O) groups is 1. The molecule has 1 heterocycles. The highest BCUT2D eigenvalue weighted by Gasteiger charge is 2.32. The van der Waals surface area contributed by atoms with Crippen molar-refractivity contribution >= 4 is 17.7 Å². The van der Waals surface area contributed by atoms with E-state index in [1.165, 1.54) is 25.0 Å². The van der Waals surface area contributed by atoms with Gasteiger partial charge in [0.1, 0.15) is 0 Å². The third-order valence-electron chi connectivity index (χ3n) is 3.82. The molecule has 1 saturated carbocycles. The molecule has 18 heavy (non-hydrogen) atoms. The van der Waals surface area contributed by atoms with Gasteiger partial charge in [0.25, 0.3) is 0 Å². The van der Waals surface area contributed by atoms with Crippen LogP contribution in [0.25, 0.3) is 0 Å². The fourth-order valence-electron chi connectivity index (χ4n) is 2.89.